The smallest absolute Gasteiger partial charge is 0.323 e. The molecule has 4 nitrogen and oxygen atoms in total. The summed E-state index contributed by atoms with van der Waals surface area (Å²) in [5.41, 5.74) is 0.866. The van der Waals surface area contributed by atoms with Crippen LogP contribution in [0.1, 0.15) is 41.6 Å². The number of benzene rings is 1. The fourth-order valence-electron chi connectivity index (χ4n) is 2.75. The first-order valence-electron chi connectivity index (χ1n) is 6.77. The Morgan fingerprint density at radius 1 is 1.30 bits per heavy atom. The Morgan fingerprint density at radius 2 is 1.95 bits per heavy atom. The average molecular weight is 279 g/mol. The highest BCUT2D eigenvalue weighted by Crippen LogP contribution is 2.25. The quantitative estimate of drug-likeness (QED) is 0.921. The first kappa shape index (κ1) is 14.5. The number of carboxylic acids is 1. The number of rotatable bonds is 4. The fraction of sp³-hybridized carbons (Fsp3) is 0.467. The van der Waals surface area contributed by atoms with Crippen molar-refractivity contribution in [2.75, 3.05) is 6.54 Å². The van der Waals surface area contributed by atoms with Crippen LogP contribution in [0.25, 0.3) is 0 Å². The van der Waals surface area contributed by atoms with E-state index in [1.165, 1.54) is 17.0 Å². The van der Waals surface area contributed by atoms with E-state index < -0.39 is 17.7 Å². The second kappa shape index (κ2) is 6.03. The van der Waals surface area contributed by atoms with Gasteiger partial charge in [0.2, 0.25) is 0 Å². The van der Waals surface area contributed by atoms with Crippen molar-refractivity contribution in [3.05, 3.63) is 35.1 Å². The summed E-state index contributed by atoms with van der Waals surface area (Å²) in [7, 11) is 0. The number of nitrogens with zero attached hydrogens (tertiary/aromatic N) is 1. The van der Waals surface area contributed by atoms with Crippen molar-refractivity contribution in [3.63, 3.8) is 0 Å². The molecule has 0 bridgehead atoms. The van der Waals surface area contributed by atoms with E-state index in [9.17, 15) is 14.0 Å². The number of amides is 1. The van der Waals surface area contributed by atoms with E-state index in [0.29, 0.717) is 5.56 Å². The van der Waals surface area contributed by atoms with E-state index in [1.54, 1.807) is 13.0 Å². The third kappa shape index (κ3) is 3.35. The molecule has 1 aliphatic carbocycles. The van der Waals surface area contributed by atoms with Crippen molar-refractivity contribution in [3.8, 4) is 0 Å². The van der Waals surface area contributed by atoms with E-state index in [1.807, 2.05) is 0 Å². The van der Waals surface area contributed by atoms with Crippen LogP contribution < -0.4 is 0 Å². The topological polar surface area (TPSA) is 57.6 Å². The summed E-state index contributed by atoms with van der Waals surface area (Å²) in [4.78, 5) is 24.8. The molecule has 1 aromatic carbocycles. The molecule has 0 unspecified atom stereocenters. The number of carbonyl (C=O) groups excluding carboxylic acids is 1. The molecule has 0 spiro atoms. The third-order valence-electron chi connectivity index (χ3n) is 3.62. The molecule has 2 rings (SSSR count). The zero-order valence-corrected chi connectivity index (χ0v) is 11.4. The van der Waals surface area contributed by atoms with Crippen LogP contribution in [0.15, 0.2) is 18.2 Å². The van der Waals surface area contributed by atoms with Crippen LogP contribution in [0.2, 0.25) is 0 Å². The van der Waals surface area contributed by atoms with Crippen molar-refractivity contribution < 1.29 is 19.1 Å². The van der Waals surface area contributed by atoms with Gasteiger partial charge in [-0.05, 0) is 43.5 Å². The Morgan fingerprint density at radius 3 is 2.50 bits per heavy atom. The second-order valence-corrected chi connectivity index (χ2v) is 5.28. The highest BCUT2D eigenvalue weighted by Gasteiger charge is 2.29. The molecule has 5 heteroatoms. The minimum Gasteiger partial charge on any atom is -0.480 e. The van der Waals surface area contributed by atoms with Gasteiger partial charge in [0, 0.05) is 11.6 Å². The molecule has 1 saturated carbocycles. The maximum absolute atomic E-state index is 13.4. The number of halogens is 1. The monoisotopic (exact) mass is 279 g/mol. The molecule has 1 N–H and O–H groups in total. The first-order chi connectivity index (χ1) is 9.47. The maximum atomic E-state index is 13.4. The van der Waals surface area contributed by atoms with Crippen molar-refractivity contribution >= 4 is 11.9 Å². The molecule has 0 heterocycles. The van der Waals surface area contributed by atoms with Crippen molar-refractivity contribution in [2.45, 2.75) is 38.6 Å². The Labute approximate surface area is 117 Å². The van der Waals surface area contributed by atoms with Crippen LogP contribution in [-0.2, 0) is 4.79 Å². The average Bonchev–Trinajstić information content (AvgIpc) is 2.87. The van der Waals surface area contributed by atoms with Gasteiger partial charge in [-0.15, -0.1) is 0 Å². The molecule has 0 aromatic heterocycles. The number of aliphatic carboxylic acids is 1. The minimum atomic E-state index is -1.04. The zero-order valence-electron chi connectivity index (χ0n) is 11.4. The summed E-state index contributed by atoms with van der Waals surface area (Å²) in [6.07, 6.45) is 3.62. The Bertz CT molecular complexity index is 504. The molecule has 1 aliphatic rings. The summed E-state index contributed by atoms with van der Waals surface area (Å²) in [6.45, 7) is 1.37. The maximum Gasteiger partial charge on any atom is 0.323 e. The Balaban J connectivity index is 2.26. The lowest BCUT2D eigenvalue weighted by Gasteiger charge is -2.27. The van der Waals surface area contributed by atoms with E-state index in [2.05, 4.69) is 0 Å². The van der Waals surface area contributed by atoms with Crippen LogP contribution in [0.4, 0.5) is 4.39 Å². The van der Waals surface area contributed by atoms with Gasteiger partial charge in [-0.1, -0.05) is 12.8 Å². The van der Waals surface area contributed by atoms with E-state index in [4.69, 9.17) is 5.11 Å². The summed E-state index contributed by atoms with van der Waals surface area (Å²) in [5, 5.41) is 8.98. The lowest BCUT2D eigenvalue weighted by Crippen LogP contribution is -2.42. The predicted octanol–water partition coefficient (Wildman–Crippen LogP) is 2.60. The van der Waals surface area contributed by atoms with Crippen LogP contribution in [-0.4, -0.2) is 34.5 Å². The minimum absolute atomic E-state index is 0.0535. The van der Waals surface area contributed by atoms with Crippen molar-refractivity contribution in [1.29, 1.82) is 0 Å². The number of hydrogen-bond acceptors (Lipinski definition) is 2. The van der Waals surface area contributed by atoms with Gasteiger partial charge in [0.1, 0.15) is 12.4 Å². The van der Waals surface area contributed by atoms with Gasteiger partial charge in [0.15, 0.2) is 0 Å². The van der Waals surface area contributed by atoms with E-state index >= 15 is 0 Å². The highest BCUT2D eigenvalue weighted by atomic mass is 19.1. The normalized spacial score (nSPS) is 15.3. The molecule has 1 fully saturated rings. The third-order valence-corrected chi connectivity index (χ3v) is 3.62. The van der Waals surface area contributed by atoms with E-state index in [0.717, 1.165) is 25.7 Å². The van der Waals surface area contributed by atoms with Gasteiger partial charge >= 0.3 is 5.97 Å². The number of carboxylic acid groups (broad SMARTS) is 1. The second-order valence-electron chi connectivity index (χ2n) is 5.28. The molecule has 0 radical (unpaired) electrons. The molecule has 108 valence electrons. The van der Waals surface area contributed by atoms with Gasteiger partial charge in [-0.25, -0.2) is 4.39 Å². The van der Waals surface area contributed by atoms with Crippen molar-refractivity contribution in [1.82, 2.24) is 4.90 Å². The van der Waals surface area contributed by atoms with Crippen LogP contribution in [0.5, 0.6) is 0 Å². The summed E-state index contributed by atoms with van der Waals surface area (Å²) in [5.74, 6) is -1.92. The molecular formula is C15H18FNO3. The molecule has 20 heavy (non-hydrogen) atoms. The lowest BCUT2D eigenvalue weighted by atomic mass is 10.1. The largest absolute Gasteiger partial charge is 0.480 e. The molecule has 0 saturated heterocycles. The summed E-state index contributed by atoms with van der Waals surface area (Å²) in [6, 6.07) is 4.05. The zero-order chi connectivity index (χ0) is 14.7. The predicted molar refractivity (Wildman–Crippen MR) is 72.1 cm³/mol. The standard InChI is InChI=1S/C15H18FNO3/c1-10-6-11(8-12(16)7-10)15(20)17(9-14(18)19)13-4-2-3-5-13/h6-8,13H,2-5,9H2,1H3,(H,18,19). The number of hydrogen-bond donors (Lipinski definition) is 1. The highest BCUT2D eigenvalue weighted by molar-refractivity contribution is 5.96. The van der Waals surface area contributed by atoms with E-state index in [-0.39, 0.29) is 18.2 Å². The number of aryl methyl sites for hydroxylation is 1. The van der Waals surface area contributed by atoms with Gasteiger partial charge in [0.25, 0.3) is 5.91 Å². The Kier molecular flexibility index (Phi) is 4.37. The van der Waals surface area contributed by atoms with Gasteiger partial charge in [0.05, 0.1) is 0 Å². The first-order valence-corrected chi connectivity index (χ1v) is 6.77. The molecule has 1 amide bonds. The van der Waals surface area contributed by atoms with Crippen molar-refractivity contribution in [2.24, 2.45) is 0 Å². The molecule has 0 atom stereocenters. The van der Waals surface area contributed by atoms with Gasteiger partial charge in [-0.2, -0.15) is 0 Å². The van der Waals surface area contributed by atoms with Crippen LogP contribution in [0, 0.1) is 12.7 Å². The van der Waals surface area contributed by atoms with Crippen LogP contribution in [0.3, 0.4) is 0 Å². The van der Waals surface area contributed by atoms with Crippen LogP contribution >= 0.6 is 0 Å². The molecular weight excluding hydrogens is 261 g/mol. The molecule has 1 aromatic rings. The van der Waals surface area contributed by atoms with Gasteiger partial charge in [-0.3, -0.25) is 9.59 Å². The summed E-state index contributed by atoms with van der Waals surface area (Å²) < 4.78 is 13.4. The lowest BCUT2D eigenvalue weighted by molar-refractivity contribution is -0.138. The fourth-order valence-corrected chi connectivity index (χ4v) is 2.75. The SMILES string of the molecule is Cc1cc(F)cc(C(=O)N(CC(=O)O)C2CCCC2)c1. The summed E-state index contributed by atoms with van der Waals surface area (Å²) >= 11 is 0. The molecule has 0 aliphatic heterocycles. The van der Waals surface area contributed by atoms with Gasteiger partial charge < -0.3 is 10.0 Å². The Hall–Kier alpha value is -1.91. The number of carbonyl (C=O) groups is 2.